The molecule has 0 aliphatic heterocycles. The highest BCUT2D eigenvalue weighted by Gasteiger charge is 2.17. The van der Waals surface area contributed by atoms with Crippen LogP contribution in [0.1, 0.15) is 56.1 Å². The Morgan fingerprint density at radius 1 is 1.26 bits per heavy atom. The molecule has 2 heterocycles. The first-order valence-corrected chi connectivity index (χ1v) is 10.8. The van der Waals surface area contributed by atoms with E-state index in [0.717, 1.165) is 46.7 Å². The van der Waals surface area contributed by atoms with Crippen LogP contribution in [0.25, 0.3) is 22.6 Å². The van der Waals surface area contributed by atoms with E-state index >= 15 is 0 Å². The van der Waals surface area contributed by atoms with E-state index in [1.54, 1.807) is 0 Å². The SMILES string of the molecule is Cc1cc(-c2cnc(C(C)C)nc2-c2ccc(CNC(=O)CC3C=CCC3)cc2)on1. The molecule has 1 atom stereocenters. The van der Waals surface area contributed by atoms with Crippen LogP contribution in [0.5, 0.6) is 0 Å². The third kappa shape index (κ3) is 5.08. The van der Waals surface area contributed by atoms with Crippen LogP contribution >= 0.6 is 0 Å². The number of hydrogen-bond acceptors (Lipinski definition) is 5. The van der Waals surface area contributed by atoms with Crippen molar-refractivity contribution in [3.63, 3.8) is 0 Å². The maximum absolute atomic E-state index is 12.2. The molecule has 4 rings (SSSR count). The normalized spacial score (nSPS) is 15.5. The molecule has 0 bridgehead atoms. The van der Waals surface area contributed by atoms with Gasteiger partial charge >= 0.3 is 0 Å². The lowest BCUT2D eigenvalue weighted by molar-refractivity contribution is -0.121. The molecular formula is C25H28N4O2. The zero-order chi connectivity index (χ0) is 21.8. The highest BCUT2D eigenvalue weighted by atomic mass is 16.5. The maximum atomic E-state index is 12.2. The van der Waals surface area contributed by atoms with Gasteiger partial charge in [-0.3, -0.25) is 4.79 Å². The van der Waals surface area contributed by atoms with Gasteiger partial charge in [-0.1, -0.05) is 55.4 Å². The molecule has 160 valence electrons. The fraction of sp³-hybridized carbons (Fsp3) is 0.360. The summed E-state index contributed by atoms with van der Waals surface area (Å²) in [7, 11) is 0. The quantitative estimate of drug-likeness (QED) is 0.535. The number of rotatable bonds is 7. The molecular weight excluding hydrogens is 388 g/mol. The second kappa shape index (κ2) is 9.25. The molecule has 1 unspecified atom stereocenters. The summed E-state index contributed by atoms with van der Waals surface area (Å²) in [6.45, 7) is 6.56. The molecule has 31 heavy (non-hydrogen) atoms. The van der Waals surface area contributed by atoms with Gasteiger partial charge in [0, 0.05) is 36.7 Å². The van der Waals surface area contributed by atoms with Gasteiger partial charge in [-0.05, 0) is 31.2 Å². The Morgan fingerprint density at radius 2 is 2.06 bits per heavy atom. The Bertz CT molecular complexity index is 1080. The van der Waals surface area contributed by atoms with Gasteiger partial charge in [-0.15, -0.1) is 0 Å². The monoisotopic (exact) mass is 416 g/mol. The molecule has 6 heteroatoms. The zero-order valence-electron chi connectivity index (χ0n) is 18.3. The molecule has 2 aromatic heterocycles. The topological polar surface area (TPSA) is 80.9 Å². The summed E-state index contributed by atoms with van der Waals surface area (Å²) in [6, 6.07) is 10.00. The van der Waals surface area contributed by atoms with E-state index in [4.69, 9.17) is 9.51 Å². The average molecular weight is 417 g/mol. The van der Waals surface area contributed by atoms with E-state index in [-0.39, 0.29) is 11.8 Å². The van der Waals surface area contributed by atoms with Crippen molar-refractivity contribution in [3.05, 3.63) is 65.8 Å². The smallest absolute Gasteiger partial charge is 0.220 e. The fourth-order valence-corrected chi connectivity index (χ4v) is 3.72. The second-order valence-electron chi connectivity index (χ2n) is 8.42. The number of carbonyl (C=O) groups is 1. The first-order chi connectivity index (χ1) is 15.0. The Morgan fingerprint density at radius 3 is 2.71 bits per heavy atom. The van der Waals surface area contributed by atoms with E-state index in [2.05, 4.69) is 41.5 Å². The maximum Gasteiger partial charge on any atom is 0.220 e. The highest BCUT2D eigenvalue weighted by Crippen LogP contribution is 2.31. The Labute approximate surface area is 182 Å². The Hall–Kier alpha value is -3.28. The molecule has 1 aromatic carbocycles. The van der Waals surface area contributed by atoms with E-state index < -0.39 is 0 Å². The minimum atomic E-state index is 0.0981. The zero-order valence-corrected chi connectivity index (χ0v) is 18.3. The molecule has 1 aliphatic carbocycles. The number of amides is 1. The molecule has 1 aliphatic rings. The van der Waals surface area contributed by atoms with Gasteiger partial charge in [0.25, 0.3) is 0 Å². The second-order valence-corrected chi connectivity index (χ2v) is 8.42. The van der Waals surface area contributed by atoms with E-state index in [0.29, 0.717) is 24.6 Å². The van der Waals surface area contributed by atoms with Crippen molar-refractivity contribution in [1.82, 2.24) is 20.4 Å². The molecule has 1 amide bonds. The first kappa shape index (κ1) is 21.0. The van der Waals surface area contributed by atoms with E-state index in [1.807, 2.05) is 43.5 Å². The van der Waals surface area contributed by atoms with Crippen molar-refractivity contribution < 1.29 is 9.32 Å². The number of allylic oxidation sites excluding steroid dienone is 2. The molecule has 6 nitrogen and oxygen atoms in total. The van der Waals surface area contributed by atoms with Gasteiger partial charge in [0.1, 0.15) is 5.82 Å². The number of aryl methyl sites for hydroxylation is 1. The van der Waals surface area contributed by atoms with Crippen LogP contribution in [-0.4, -0.2) is 21.0 Å². The molecule has 0 fully saturated rings. The summed E-state index contributed by atoms with van der Waals surface area (Å²) in [4.78, 5) is 21.5. The van der Waals surface area contributed by atoms with Gasteiger partial charge in [0.15, 0.2) is 5.76 Å². The van der Waals surface area contributed by atoms with Gasteiger partial charge in [-0.2, -0.15) is 0 Å². The van der Waals surface area contributed by atoms with Gasteiger partial charge in [-0.25, -0.2) is 9.97 Å². The predicted molar refractivity (Wildman–Crippen MR) is 120 cm³/mol. The third-order valence-corrected chi connectivity index (χ3v) is 5.49. The lowest BCUT2D eigenvalue weighted by Crippen LogP contribution is -2.24. The first-order valence-electron chi connectivity index (χ1n) is 10.8. The largest absolute Gasteiger partial charge is 0.356 e. The van der Waals surface area contributed by atoms with Crippen molar-refractivity contribution in [2.75, 3.05) is 0 Å². The van der Waals surface area contributed by atoms with E-state index in [1.165, 1.54) is 0 Å². The molecule has 0 saturated carbocycles. The van der Waals surface area contributed by atoms with Gasteiger partial charge < -0.3 is 9.84 Å². The molecule has 0 radical (unpaired) electrons. The lowest BCUT2D eigenvalue weighted by Gasteiger charge is -2.12. The van der Waals surface area contributed by atoms with E-state index in [9.17, 15) is 4.79 Å². The standard InChI is InChI=1S/C25H28N4O2/c1-16(2)25-27-15-21(22-12-17(3)29-31-22)24(28-25)20-10-8-19(9-11-20)14-26-23(30)13-18-6-4-5-7-18/h4,6,8-12,15-16,18H,5,7,13-14H2,1-3H3,(H,26,30). The summed E-state index contributed by atoms with van der Waals surface area (Å²) in [5.74, 6) is 2.13. The lowest BCUT2D eigenvalue weighted by atomic mass is 10.0. The van der Waals surface area contributed by atoms with Gasteiger partial charge in [0.05, 0.1) is 17.0 Å². The minimum absolute atomic E-state index is 0.0981. The minimum Gasteiger partial charge on any atom is -0.356 e. The van der Waals surface area contributed by atoms with Crippen molar-refractivity contribution in [1.29, 1.82) is 0 Å². The Balaban J connectivity index is 1.51. The van der Waals surface area contributed by atoms with Crippen molar-refractivity contribution in [2.45, 2.75) is 52.5 Å². The third-order valence-electron chi connectivity index (χ3n) is 5.49. The summed E-state index contributed by atoms with van der Waals surface area (Å²) in [6.07, 6.45) is 8.83. The summed E-state index contributed by atoms with van der Waals surface area (Å²) in [5, 5.41) is 7.03. The van der Waals surface area contributed by atoms with Crippen LogP contribution in [-0.2, 0) is 11.3 Å². The molecule has 3 aromatic rings. The summed E-state index contributed by atoms with van der Waals surface area (Å²) in [5.41, 5.74) is 4.47. The van der Waals surface area contributed by atoms with Crippen molar-refractivity contribution >= 4 is 5.91 Å². The number of aromatic nitrogens is 3. The van der Waals surface area contributed by atoms with Crippen LogP contribution < -0.4 is 5.32 Å². The number of benzene rings is 1. The highest BCUT2D eigenvalue weighted by molar-refractivity contribution is 5.78. The predicted octanol–water partition coefficient (Wildman–Crippen LogP) is 5.20. The van der Waals surface area contributed by atoms with Crippen molar-refractivity contribution in [3.8, 4) is 22.6 Å². The van der Waals surface area contributed by atoms with Crippen molar-refractivity contribution in [2.24, 2.45) is 5.92 Å². The number of hydrogen-bond donors (Lipinski definition) is 1. The number of nitrogens with one attached hydrogen (secondary N) is 1. The van der Waals surface area contributed by atoms with Crippen LogP contribution in [0.15, 0.2) is 53.2 Å². The average Bonchev–Trinajstić information content (AvgIpc) is 3.44. The van der Waals surface area contributed by atoms with Crippen LogP contribution in [0.2, 0.25) is 0 Å². The molecule has 0 saturated heterocycles. The van der Waals surface area contributed by atoms with Crippen LogP contribution in [0, 0.1) is 12.8 Å². The fourth-order valence-electron chi connectivity index (χ4n) is 3.72. The van der Waals surface area contributed by atoms with Crippen LogP contribution in [0.4, 0.5) is 0 Å². The number of nitrogens with zero attached hydrogens (tertiary/aromatic N) is 3. The Kier molecular flexibility index (Phi) is 6.26. The van der Waals surface area contributed by atoms with Gasteiger partial charge in [0.2, 0.25) is 5.91 Å². The molecule has 0 spiro atoms. The van der Waals surface area contributed by atoms with Crippen LogP contribution in [0.3, 0.4) is 0 Å². The summed E-state index contributed by atoms with van der Waals surface area (Å²) < 4.78 is 5.47. The molecule has 1 N–H and O–H groups in total. The number of carbonyl (C=O) groups excluding carboxylic acids is 1. The summed E-state index contributed by atoms with van der Waals surface area (Å²) >= 11 is 0.